The summed E-state index contributed by atoms with van der Waals surface area (Å²) in [6.07, 6.45) is 11.6. The molecule has 0 atom stereocenters. The van der Waals surface area contributed by atoms with E-state index in [-0.39, 0.29) is 35.3 Å². The Bertz CT molecular complexity index is 1340. The van der Waals surface area contributed by atoms with Crippen LogP contribution >= 0.6 is 0 Å². The van der Waals surface area contributed by atoms with Crippen LogP contribution < -0.4 is 0 Å². The van der Waals surface area contributed by atoms with Crippen LogP contribution in [-0.4, -0.2) is 76.0 Å². The number of amides is 1. The van der Waals surface area contributed by atoms with Crippen molar-refractivity contribution in [1.82, 2.24) is 13.5 Å². The maximum Gasteiger partial charge on any atom is 0.243 e. The SMILES string of the molecule is Cc1ccc(S(=O)(=O)N(C)CCCN(CCCN2CCCCCCCCCCCC2=O)S(=O)(=O)c2ccc(C)cc2)cc1. The summed E-state index contributed by atoms with van der Waals surface area (Å²) in [6, 6.07) is 13.5. The number of hydrogen-bond acceptors (Lipinski definition) is 5. The van der Waals surface area contributed by atoms with Gasteiger partial charge in [0.25, 0.3) is 0 Å². The molecule has 8 nitrogen and oxygen atoms in total. The summed E-state index contributed by atoms with van der Waals surface area (Å²) in [5.74, 6) is 0.162. The van der Waals surface area contributed by atoms with Crippen molar-refractivity contribution < 1.29 is 21.6 Å². The summed E-state index contributed by atoms with van der Waals surface area (Å²) >= 11 is 0. The zero-order valence-electron chi connectivity index (χ0n) is 26.3. The molecule has 240 valence electrons. The van der Waals surface area contributed by atoms with Gasteiger partial charge in [0.05, 0.1) is 9.79 Å². The van der Waals surface area contributed by atoms with Gasteiger partial charge in [-0.2, -0.15) is 4.31 Å². The Labute approximate surface area is 260 Å². The third-order valence-electron chi connectivity index (χ3n) is 8.28. The minimum absolute atomic E-state index is 0.162. The van der Waals surface area contributed by atoms with Crippen molar-refractivity contribution >= 4 is 26.0 Å². The van der Waals surface area contributed by atoms with Crippen molar-refractivity contribution in [2.45, 2.75) is 101 Å². The van der Waals surface area contributed by atoms with Crippen LogP contribution in [0, 0.1) is 13.8 Å². The Kier molecular flexibility index (Phi) is 14.1. The third kappa shape index (κ3) is 11.0. The lowest BCUT2D eigenvalue weighted by Gasteiger charge is -2.27. The van der Waals surface area contributed by atoms with Crippen molar-refractivity contribution in [2.75, 3.05) is 39.8 Å². The summed E-state index contributed by atoms with van der Waals surface area (Å²) in [4.78, 5) is 15.4. The minimum Gasteiger partial charge on any atom is -0.343 e. The van der Waals surface area contributed by atoms with Gasteiger partial charge in [0.1, 0.15) is 0 Å². The fraction of sp³-hybridized carbons (Fsp3) is 0.606. The predicted molar refractivity (Wildman–Crippen MR) is 173 cm³/mol. The van der Waals surface area contributed by atoms with Gasteiger partial charge in [-0.25, -0.2) is 21.1 Å². The fourth-order valence-electron chi connectivity index (χ4n) is 5.47. The largest absolute Gasteiger partial charge is 0.343 e. The highest BCUT2D eigenvalue weighted by Gasteiger charge is 2.26. The van der Waals surface area contributed by atoms with Gasteiger partial charge in [0.2, 0.25) is 26.0 Å². The van der Waals surface area contributed by atoms with Gasteiger partial charge in [-0.1, -0.05) is 80.3 Å². The molecule has 2 aromatic carbocycles. The van der Waals surface area contributed by atoms with Crippen LogP contribution in [0.4, 0.5) is 0 Å². The molecule has 0 N–H and O–H groups in total. The number of nitrogens with zero attached hydrogens (tertiary/aromatic N) is 3. The second-order valence-electron chi connectivity index (χ2n) is 11.9. The topological polar surface area (TPSA) is 95.1 Å². The normalized spacial score (nSPS) is 16.6. The molecular formula is C33H51N3O5S2. The van der Waals surface area contributed by atoms with Crippen LogP contribution in [0.3, 0.4) is 0 Å². The lowest BCUT2D eigenvalue weighted by Crippen LogP contribution is -2.38. The monoisotopic (exact) mass is 633 g/mol. The number of carbonyl (C=O) groups excluding carboxylic acids is 1. The maximum absolute atomic E-state index is 13.7. The summed E-state index contributed by atoms with van der Waals surface area (Å²) < 4.78 is 56.3. The smallest absolute Gasteiger partial charge is 0.243 e. The van der Waals surface area contributed by atoms with Crippen LogP contribution in [0.2, 0.25) is 0 Å². The van der Waals surface area contributed by atoms with Gasteiger partial charge in [-0.05, 0) is 63.8 Å². The van der Waals surface area contributed by atoms with Gasteiger partial charge in [-0.3, -0.25) is 4.79 Å². The minimum atomic E-state index is -3.80. The van der Waals surface area contributed by atoms with E-state index < -0.39 is 20.0 Å². The van der Waals surface area contributed by atoms with E-state index in [0.717, 1.165) is 36.8 Å². The van der Waals surface area contributed by atoms with Crippen molar-refractivity contribution in [2.24, 2.45) is 0 Å². The zero-order valence-corrected chi connectivity index (χ0v) is 28.0. The Morgan fingerprint density at radius 3 is 1.65 bits per heavy atom. The summed E-state index contributed by atoms with van der Waals surface area (Å²) in [6.45, 7) is 5.66. The Balaban J connectivity index is 1.67. The third-order valence-corrected chi connectivity index (χ3v) is 12.1. The molecule has 0 radical (unpaired) electrons. The molecule has 0 aromatic heterocycles. The van der Waals surface area contributed by atoms with E-state index in [1.165, 1.54) is 47.8 Å². The molecule has 0 spiro atoms. The first-order valence-corrected chi connectivity index (χ1v) is 18.8. The molecule has 1 saturated heterocycles. The molecule has 2 aromatic rings. The molecule has 0 unspecified atom stereocenters. The number of aryl methyl sites for hydroxylation is 2. The maximum atomic E-state index is 13.7. The van der Waals surface area contributed by atoms with Gasteiger partial charge >= 0.3 is 0 Å². The first-order chi connectivity index (χ1) is 20.5. The number of benzene rings is 2. The number of rotatable bonds is 12. The lowest BCUT2D eigenvalue weighted by molar-refractivity contribution is -0.131. The summed E-state index contributed by atoms with van der Waals surface area (Å²) in [5, 5.41) is 0. The van der Waals surface area contributed by atoms with Gasteiger partial charge in [-0.15, -0.1) is 0 Å². The molecule has 1 amide bonds. The second-order valence-corrected chi connectivity index (χ2v) is 15.9. The average molecular weight is 634 g/mol. The molecule has 0 aliphatic carbocycles. The van der Waals surface area contributed by atoms with E-state index in [1.54, 1.807) is 48.5 Å². The number of carbonyl (C=O) groups is 1. The Hall–Kier alpha value is -2.27. The lowest BCUT2D eigenvalue weighted by atomic mass is 10.1. The van der Waals surface area contributed by atoms with Crippen molar-refractivity contribution in [3.05, 3.63) is 59.7 Å². The summed E-state index contributed by atoms with van der Waals surface area (Å²) in [5.41, 5.74) is 1.95. The molecule has 1 fully saturated rings. The van der Waals surface area contributed by atoms with Crippen LogP contribution in [0.15, 0.2) is 58.3 Å². The Morgan fingerprint density at radius 2 is 1.09 bits per heavy atom. The summed E-state index contributed by atoms with van der Waals surface area (Å²) in [7, 11) is -5.95. The molecule has 1 heterocycles. The van der Waals surface area contributed by atoms with E-state index in [2.05, 4.69) is 0 Å². The van der Waals surface area contributed by atoms with E-state index in [9.17, 15) is 21.6 Å². The van der Waals surface area contributed by atoms with E-state index in [0.29, 0.717) is 32.4 Å². The number of sulfonamides is 2. The second kappa shape index (κ2) is 17.3. The molecular weight excluding hydrogens is 583 g/mol. The van der Waals surface area contributed by atoms with Gasteiger partial charge in [0.15, 0.2) is 0 Å². The van der Waals surface area contributed by atoms with Crippen molar-refractivity contribution in [3.63, 3.8) is 0 Å². The van der Waals surface area contributed by atoms with Gasteiger partial charge < -0.3 is 4.90 Å². The van der Waals surface area contributed by atoms with Crippen LogP contribution in [-0.2, 0) is 24.8 Å². The highest BCUT2D eigenvalue weighted by molar-refractivity contribution is 7.89. The van der Waals surface area contributed by atoms with E-state index in [4.69, 9.17) is 0 Å². The Morgan fingerprint density at radius 1 is 0.628 bits per heavy atom. The van der Waals surface area contributed by atoms with Crippen LogP contribution in [0.5, 0.6) is 0 Å². The molecule has 3 rings (SSSR count). The predicted octanol–water partition coefficient (Wildman–Crippen LogP) is 6.14. The average Bonchev–Trinajstić information content (AvgIpc) is 2.99. The molecule has 43 heavy (non-hydrogen) atoms. The molecule has 0 bridgehead atoms. The van der Waals surface area contributed by atoms with Crippen molar-refractivity contribution in [1.29, 1.82) is 0 Å². The van der Waals surface area contributed by atoms with E-state index >= 15 is 0 Å². The first kappa shape index (κ1) is 35.2. The standard InChI is InChI=1S/C33H51N3O5S2/c1-29-16-20-31(21-17-29)42(38,39)34(3)24-13-27-36(43(40,41)32-22-18-30(2)19-23-32)28-14-26-35-25-12-10-8-6-4-5-7-9-11-15-33(35)37/h16-23H,4-15,24-28H2,1-3H3. The highest BCUT2D eigenvalue weighted by Crippen LogP contribution is 2.20. The molecule has 1 aliphatic rings. The van der Waals surface area contributed by atoms with Crippen LogP contribution in [0.25, 0.3) is 0 Å². The van der Waals surface area contributed by atoms with Gasteiger partial charge in [0, 0.05) is 46.2 Å². The molecule has 10 heteroatoms. The zero-order chi connectivity index (χ0) is 31.3. The molecule has 0 saturated carbocycles. The number of hydrogen-bond donors (Lipinski definition) is 0. The quantitative estimate of drug-likeness (QED) is 0.280. The van der Waals surface area contributed by atoms with Crippen molar-refractivity contribution in [3.8, 4) is 0 Å². The highest BCUT2D eigenvalue weighted by atomic mass is 32.2. The van der Waals surface area contributed by atoms with Crippen LogP contribution in [0.1, 0.15) is 88.2 Å². The first-order valence-electron chi connectivity index (χ1n) is 15.9. The van der Waals surface area contributed by atoms with E-state index in [1.807, 2.05) is 18.7 Å². The molecule has 1 aliphatic heterocycles. The fourth-order valence-corrected chi connectivity index (χ4v) is 8.19.